The van der Waals surface area contributed by atoms with Crippen LogP contribution in [0, 0.1) is 0 Å². The third kappa shape index (κ3) is 2.15. The fourth-order valence-corrected chi connectivity index (χ4v) is 1.51. The van der Waals surface area contributed by atoms with Gasteiger partial charge >= 0.3 is 0 Å². The highest BCUT2D eigenvalue weighted by Gasteiger charge is 2.21. The molecule has 3 nitrogen and oxygen atoms in total. The lowest BCUT2D eigenvalue weighted by atomic mass is 10.2. The number of nitrogens with zero attached hydrogens (tertiary/aromatic N) is 2. The SMILES string of the molecule is COCN1CCCN(C)C1C. The summed E-state index contributed by atoms with van der Waals surface area (Å²) in [7, 11) is 3.91. The summed E-state index contributed by atoms with van der Waals surface area (Å²) in [5.41, 5.74) is 0. The van der Waals surface area contributed by atoms with Crippen LogP contribution in [-0.2, 0) is 4.74 Å². The number of hydrogen-bond acceptors (Lipinski definition) is 3. The molecule has 0 saturated carbocycles. The molecule has 1 atom stereocenters. The van der Waals surface area contributed by atoms with E-state index in [1.54, 1.807) is 7.11 Å². The van der Waals surface area contributed by atoms with E-state index in [1.807, 2.05) is 0 Å². The van der Waals surface area contributed by atoms with Gasteiger partial charge in [-0.1, -0.05) is 0 Å². The lowest BCUT2D eigenvalue weighted by molar-refractivity contribution is -0.0387. The van der Waals surface area contributed by atoms with E-state index in [4.69, 9.17) is 4.74 Å². The summed E-state index contributed by atoms with van der Waals surface area (Å²) in [5.74, 6) is 0. The minimum atomic E-state index is 0.531. The van der Waals surface area contributed by atoms with Gasteiger partial charge in [0.2, 0.25) is 0 Å². The van der Waals surface area contributed by atoms with Crippen LogP contribution >= 0.6 is 0 Å². The lowest BCUT2D eigenvalue weighted by Gasteiger charge is -2.39. The van der Waals surface area contributed by atoms with Gasteiger partial charge in [-0.2, -0.15) is 0 Å². The molecule has 1 rings (SSSR count). The second kappa shape index (κ2) is 4.04. The Bertz CT molecular complexity index is 117. The van der Waals surface area contributed by atoms with E-state index in [9.17, 15) is 0 Å². The first-order valence-corrected chi connectivity index (χ1v) is 4.19. The first-order chi connectivity index (χ1) is 5.25. The average Bonchev–Trinajstić information content (AvgIpc) is 1.99. The van der Waals surface area contributed by atoms with Gasteiger partial charge in [-0.3, -0.25) is 9.80 Å². The maximum atomic E-state index is 5.10. The smallest absolute Gasteiger partial charge is 0.0998 e. The monoisotopic (exact) mass is 158 g/mol. The largest absolute Gasteiger partial charge is 0.369 e. The van der Waals surface area contributed by atoms with Crippen molar-refractivity contribution in [1.29, 1.82) is 0 Å². The molecule has 66 valence electrons. The van der Waals surface area contributed by atoms with Gasteiger partial charge in [-0.05, 0) is 20.4 Å². The molecule has 1 saturated heterocycles. The Kier molecular flexibility index (Phi) is 3.30. The highest BCUT2D eigenvalue weighted by molar-refractivity contribution is 4.70. The molecular formula is C8H18N2O. The maximum absolute atomic E-state index is 5.10. The van der Waals surface area contributed by atoms with Crippen molar-refractivity contribution in [2.24, 2.45) is 0 Å². The Morgan fingerprint density at radius 1 is 1.45 bits per heavy atom. The molecule has 0 aromatic carbocycles. The first kappa shape index (κ1) is 8.97. The van der Waals surface area contributed by atoms with Crippen molar-refractivity contribution in [3.63, 3.8) is 0 Å². The summed E-state index contributed by atoms with van der Waals surface area (Å²) in [6.07, 6.45) is 1.79. The highest BCUT2D eigenvalue weighted by atomic mass is 16.5. The summed E-state index contributed by atoms with van der Waals surface area (Å²) in [6.45, 7) is 5.35. The van der Waals surface area contributed by atoms with Gasteiger partial charge in [0.15, 0.2) is 0 Å². The topological polar surface area (TPSA) is 15.7 Å². The maximum Gasteiger partial charge on any atom is 0.0998 e. The molecular weight excluding hydrogens is 140 g/mol. The summed E-state index contributed by atoms with van der Waals surface area (Å²) < 4.78 is 5.10. The second-order valence-corrected chi connectivity index (χ2v) is 3.20. The van der Waals surface area contributed by atoms with Crippen LogP contribution in [0.25, 0.3) is 0 Å². The number of hydrogen-bond donors (Lipinski definition) is 0. The van der Waals surface area contributed by atoms with E-state index < -0.39 is 0 Å². The quantitative estimate of drug-likeness (QED) is 0.584. The van der Waals surface area contributed by atoms with Gasteiger partial charge in [-0.15, -0.1) is 0 Å². The Hall–Kier alpha value is -0.120. The molecule has 1 aliphatic heterocycles. The molecule has 1 fully saturated rings. The van der Waals surface area contributed by atoms with Crippen molar-refractivity contribution in [3.8, 4) is 0 Å². The standard InChI is InChI=1S/C8H18N2O/c1-8-9(2)5-4-6-10(8)7-11-3/h8H,4-7H2,1-3H3. The second-order valence-electron chi connectivity index (χ2n) is 3.20. The summed E-state index contributed by atoms with van der Waals surface area (Å²) in [5, 5.41) is 0. The van der Waals surface area contributed by atoms with Crippen LogP contribution in [0.15, 0.2) is 0 Å². The van der Waals surface area contributed by atoms with Crippen molar-refractivity contribution in [2.75, 3.05) is 34.0 Å². The predicted octanol–water partition coefficient (Wildman–Crippen LogP) is 0.574. The van der Waals surface area contributed by atoms with Gasteiger partial charge < -0.3 is 4.74 Å². The van der Waals surface area contributed by atoms with Crippen LogP contribution in [0.1, 0.15) is 13.3 Å². The Labute approximate surface area is 68.9 Å². The molecule has 0 aromatic rings. The minimum Gasteiger partial charge on any atom is -0.369 e. The molecule has 1 aliphatic rings. The van der Waals surface area contributed by atoms with E-state index in [1.165, 1.54) is 19.5 Å². The zero-order valence-electron chi connectivity index (χ0n) is 7.71. The van der Waals surface area contributed by atoms with Crippen molar-refractivity contribution in [1.82, 2.24) is 9.80 Å². The van der Waals surface area contributed by atoms with Gasteiger partial charge in [0.1, 0.15) is 0 Å². The first-order valence-electron chi connectivity index (χ1n) is 4.19. The molecule has 11 heavy (non-hydrogen) atoms. The van der Waals surface area contributed by atoms with Gasteiger partial charge in [0.05, 0.1) is 12.9 Å². The number of rotatable bonds is 2. The summed E-state index contributed by atoms with van der Waals surface area (Å²) >= 11 is 0. The van der Waals surface area contributed by atoms with Gasteiger partial charge in [0, 0.05) is 20.2 Å². The molecule has 0 spiro atoms. The van der Waals surface area contributed by atoms with Gasteiger partial charge in [-0.25, -0.2) is 0 Å². The van der Waals surface area contributed by atoms with Crippen molar-refractivity contribution >= 4 is 0 Å². The van der Waals surface area contributed by atoms with Crippen molar-refractivity contribution in [2.45, 2.75) is 19.5 Å². The molecule has 1 heterocycles. The molecule has 0 aromatic heterocycles. The Balaban J connectivity index is 2.38. The van der Waals surface area contributed by atoms with E-state index in [2.05, 4.69) is 23.8 Å². The molecule has 0 N–H and O–H groups in total. The van der Waals surface area contributed by atoms with E-state index in [-0.39, 0.29) is 0 Å². The predicted molar refractivity (Wildman–Crippen MR) is 45.3 cm³/mol. The third-order valence-corrected chi connectivity index (χ3v) is 2.42. The van der Waals surface area contributed by atoms with Crippen LogP contribution in [0.2, 0.25) is 0 Å². The Morgan fingerprint density at radius 2 is 2.18 bits per heavy atom. The minimum absolute atomic E-state index is 0.531. The van der Waals surface area contributed by atoms with Crippen molar-refractivity contribution in [3.05, 3.63) is 0 Å². The van der Waals surface area contributed by atoms with E-state index in [0.717, 1.165) is 6.73 Å². The van der Waals surface area contributed by atoms with Crippen LogP contribution < -0.4 is 0 Å². The van der Waals surface area contributed by atoms with Gasteiger partial charge in [0.25, 0.3) is 0 Å². The molecule has 3 heteroatoms. The van der Waals surface area contributed by atoms with E-state index >= 15 is 0 Å². The summed E-state index contributed by atoms with van der Waals surface area (Å²) in [4.78, 5) is 4.69. The third-order valence-electron chi connectivity index (χ3n) is 2.42. The molecule has 1 unspecified atom stereocenters. The molecule has 0 bridgehead atoms. The van der Waals surface area contributed by atoms with Crippen LogP contribution in [0.4, 0.5) is 0 Å². The number of ether oxygens (including phenoxy) is 1. The van der Waals surface area contributed by atoms with Crippen LogP contribution in [-0.4, -0.2) is 49.9 Å². The Morgan fingerprint density at radius 3 is 2.82 bits per heavy atom. The highest BCUT2D eigenvalue weighted by Crippen LogP contribution is 2.10. The van der Waals surface area contributed by atoms with E-state index in [0.29, 0.717) is 6.17 Å². The zero-order valence-corrected chi connectivity index (χ0v) is 7.71. The molecule has 0 radical (unpaired) electrons. The fourth-order valence-electron chi connectivity index (χ4n) is 1.51. The molecule has 0 amide bonds. The fraction of sp³-hybridized carbons (Fsp3) is 1.00. The lowest BCUT2D eigenvalue weighted by Crippen LogP contribution is -2.50. The van der Waals surface area contributed by atoms with Crippen LogP contribution in [0.5, 0.6) is 0 Å². The van der Waals surface area contributed by atoms with Crippen molar-refractivity contribution < 1.29 is 4.74 Å². The van der Waals surface area contributed by atoms with Crippen LogP contribution in [0.3, 0.4) is 0 Å². The number of methoxy groups -OCH3 is 1. The normalized spacial score (nSPS) is 29.2. The molecule has 0 aliphatic carbocycles. The average molecular weight is 158 g/mol. The summed E-state index contributed by atoms with van der Waals surface area (Å²) in [6, 6.07) is 0. The zero-order chi connectivity index (χ0) is 8.27.